The standard InChI is InChI=1S/C33H34ClFN4O5/c1-44-22-7-2-18(3-8-22)12-28(32(43)37-21-6-9-23(30(36)41)27(35)14-21)39-17-26-25(15-29(39)40)24-13-20(34)5-4-19(24)16-33(10-11-33)38-31(26)42/h4-6,9,13-15,17-18,22,28H,2-3,7-8,10-12,16H2,1H3,(H2,36,41)(H,37,43)(H,38,42)/t18-,22-,28?. The molecule has 1 spiro atoms. The zero-order chi connectivity index (χ0) is 31.2. The van der Waals surface area contributed by atoms with Crippen LogP contribution in [0.5, 0.6) is 0 Å². The van der Waals surface area contributed by atoms with Gasteiger partial charge in [-0.05, 0) is 98.7 Å². The number of nitrogens with two attached hydrogens (primary N) is 1. The summed E-state index contributed by atoms with van der Waals surface area (Å²) in [5, 5.41) is 6.37. The predicted octanol–water partition coefficient (Wildman–Crippen LogP) is 5.00. The van der Waals surface area contributed by atoms with E-state index in [0.29, 0.717) is 23.4 Å². The van der Waals surface area contributed by atoms with Crippen LogP contribution in [0.15, 0.2) is 53.5 Å². The topological polar surface area (TPSA) is 133 Å². The molecular weight excluding hydrogens is 587 g/mol. The van der Waals surface area contributed by atoms with Gasteiger partial charge >= 0.3 is 0 Å². The van der Waals surface area contributed by atoms with E-state index in [1.54, 1.807) is 19.2 Å². The Morgan fingerprint density at radius 1 is 1.09 bits per heavy atom. The van der Waals surface area contributed by atoms with Crippen molar-refractivity contribution in [3.8, 4) is 11.1 Å². The van der Waals surface area contributed by atoms with E-state index < -0.39 is 29.2 Å². The summed E-state index contributed by atoms with van der Waals surface area (Å²) in [4.78, 5) is 52.9. The number of pyridine rings is 1. The number of anilines is 1. The van der Waals surface area contributed by atoms with E-state index in [4.69, 9.17) is 22.1 Å². The molecular formula is C33H34ClFN4O5. The maximum atomic E-state index is 14.5. The lowest BCUT2D eigenvalue weighted by Gasteiger charge is -2.31. The highest BCUT2D eigenvalue weighted by Crippen LogP contribution is 2.43. The van der Waals surface area contributed by atoms with Crippen LogP contribution >= 0.6 is 11.6 Å². The van der Waals surface area contributed by atoms with Crippen LogP contribution in [-0.4, -0.2) is 41.0 Å². The van der Waals surface area contributed by atoms with Crippen molar-refractivity contribution in [2.24, 2.45) is 11.7 Å². The number of aromatic nitrogens is 1. The third-order valence-electron chi connectivity index (χ3n) is 9.27. The minimum atomic E-state index is -0.997. The van der Waals surface area contributed by atoms with Crippen LogP contribution in [0.2, 0.25) is 5.02 Å². The Labute approximate surface area is 258 Å². The van der Waals surface area contributed by atoms with Gasteiger partial charge < -0.3 is 25.7 Å². The molecule has 2 fully saturated rings. The Hall–Kier alpha value is -4.02. The predicted molar refractivity (Wildman–Crippen MR) is 164 cm³/mol. The fourth-order valence-electron chi connectivity index (χ4n) is 6.60. The number of nitrogens with one attached hydrogen (secondary N) is 2. The molecule has 11 heteroatoms. The minimum absolute atomic E-state index is 0.113. The number of benzene rings is 2. The number of methoxy groups -OCH3 is 1. The molecule has 2 saturated carbocycles. The van der Waals surface area contributed by atoms with Crippen LogP contribution < -0.4 is 21.9 Å². The Kier molecular flexibility index (Phi) is 8.06. The van der Waals surface area contributed by atoms with Crippen molar-refractivity contribution in [2.75, 3.05) is 12.4 Å². The number of nitrogens with zero attached hydrogens (tertiary/aromatic N) is 1. The molecule has 2 aliphatic carbocycles. The number of amides is 3. The van der Waals surface area contributed by atoms with Gasteiger partial charge in [-0.25, -0.2) is 4.39 Å². The Balaban J connectivity index is 1.40. The molecule has 3 amide bonds. The molecule has 9 nitrogen and oxygen atoms in total. The first-order valence-corrected chi connectivity index (χ1v) is 15.2. The second kappa shape index (κ2) is 11.8. The molecule has 44 heavy (non-hydrogen) atoms. The summed E-state index contributed by atoms with van der Waals surface area (Å²) in [5.74, 6) is -2.54. The largest absolute Gasteiger partial charge is 0.381 e. The van der Waals surface area contributed by atoms with E-state index in [2.05, 4.69) is 10.6 Å². The fourth-order valence-corrected chi connectivity index (χ4v) is 6.77. The summed E-state index contributed by atoms with van der Waals surface area (Å²) >= 11 is 6.37. The smallest absolute Gasteiger partial charge is 0.253 e. The van der Waals surface area contributed by atoms with Gasteiger partial charge in [0.1, 0.15) is 11.9 Å². The monoisotopic (exact) mass is 620 g/mol. The van der Waals surface area contributed by atoms with Crippen LogP contribution in [0.1, 0.15) is 77.3 Å². The lowest BCUT2D eigenvalue weighted by Crippen LogP contribution is -2.41. The number of rotatable bonds is 7. The van der Waals surface area contributed by atoms with Crippen molar-refractivity contribution in [3.05, 3.63) is 86.5 Å². The molecule has 4 N–H and O–H groups in total. The minimum Gasteiger partial charge on any atom is -0.381 e. The summed E-state index contributed by atoms with van der Waals surface area (Å²) in [5.41, 5.74) is 6.67. The summed E-state index contributed by atoms with van der Waals surface area (Å²) in [7, 11) is 1.68. The molecule has 1 unspecified atom stereocenters. The third-order valence-corrected chi connectivity index (χ3v) is 9.51. The number of hydrogen-bond donors (Lipinski definition) is 3. The highest BCUT2D eigenvalue weighted by Gasteiger charge is 2.46. The van der Waals surface area contributed by atoms with E-state index in [1.165, 1.54) is 29.0 Å². The molecule has 1 aromatic heterocycles. The van der Waals surface area contributed by atoms with Gasteiger partial charge in [0.15, 0.2) is 0 Å². The summed E-state index contributed by atoms with van der Waals surface area (Å²) in [6.07, 6.45) is 7.54. The number of primary amides is 1. The first-order chi connectivity index (χ1) is 21.1. The van der Waals surface area contributed by atoms with Crippen molar-refractivity contribution in [2.45, 2.75) is 69.1 Å². The van der Waals surface area contributed by atoms with Crippen LogP contribution in [0.4, 0.5) is 10.1 Å². The van der Waals surface area contributed by atoms with Crippen LogP contribution in [0.25, 0.3) is 11.1 Å². The molecule has 0 saturated heterocycles. The normalized spacial score (nSPS) is 20.8. The zero-order valence-electron chi connectivity index (χ0n) is 24.3. The first kappa shape index (κ1) is 30.0. The van der Waals surface area contributed by atoms with E-state index in [1.807, 2.05) is 6.07 Å². The van der Waals surface area contributed by atoms with Gasteiger partial charge in [0, 0.05) is 41.2 Å². The van der Waals surface area contributed by atoms with Crippen LogP contribution in [0.3, 0.4) is 0 Å². The highest BCUT2D eigenvalue weighted by atomic mass is 35.5. The second-order valence-corrected chi connectivity index (χ2v) is 12.7. The fraction of sp³-hybridized carbons (Fsp3) is 0.394. The van der Waals surface area contributed by atoms with Gasteiger partial charge in [-0.15, -0.1) is 0 Å². The van der Waals surface area contributed by atoms with E-state index in [0.717, 1.165) is 55.7 Å². The highest BCUT2D eigenvalue weighted by molar-refractivity contribution is 6.31. The average Bonchev–Trinajstić information content (AvgIpc) is 3.75. The Morgan fingerprint density at radius 3 is 2.50 bits per heavy atom. The number of ether oxygens (including phenoxy) is 1. The number of fused-ring (bicyclic) bond motifs is 3. The van der Waals surface area contributed by atoms with Gasteiger partial charge in [0.05, 0.1) is 17.2 Å². The van der Waals surface area contributed by atoms with Crippen molar-refractivity contribution in [1.29, 1.82) is 0 Å². The van der Waals surface area contributed by atoms with E-state index in [-0.39, 0.29) is 40.3 Å². The summed E-state index contributed by atoms with van der Waals surface area (Å²) in [6, 6.07) is 9.52. The molecule has 1 atom stereocenters. The van der Waals surface area contributed by atoms with Crippen molar-refractivity contribution in [3.63, 3.8) is 0 Å². The SMILES string of the molecule is CO[C@H]1CC[C@H](CC(C(=O)Nc2ccc(C(N)=O)c(F)c2)n2cc3c(cc2=O)-c2cc(Cl)ccc2CC2(CC2)NC3=O)CC1. The molecule has 6 rings (SSSR count). The lowest BCUT2D eigenvalue weighted by atomic mass is 9.83. The van der Waals surface area contributed by atoms with Gasteiger partial charge in [-0.3, -0.25) is 19.2 Å². The van der Waals surface area contributed by atoms with Crippen LogP contribution in [-0.2, 0) is 16.0 Å². The van der Waals surface area contributed by atoms with Gasteiger partial charge in [0.25, 0.3) is 17.4 Å². The first-order valence-electron chi connectivity index (χ1n) is 14.9. The number of carbonyl (C=O) groups excluding carboxylic acids is 3. The Bertz CT molecular complexity index is 1710. The Morgan fingerprint density at radius 2 is 1.84 bits per heavy atom. The van der Waals surface area contributed by atoms with Crippen molar-refractivity contribution >= 4 is 35.0 Å². The maximum absolute atomic E-state index is 14.5. The maximum Gasteiger partial charge on any atom is 0.253 e. The molecule has 1 aliphatic heterocycles. The second-order valence-electron chi connectivity index (χ2n) is 12.2. The van der Waals surface area contributed by atoms with E-state index >= 15 is 0 Å². The molecule has 3 aliphatic rings. The zero-order valence-corrected chi connectivity index (χ0v) is 25.1. The number of carbonyl (C=O) groups is 3. The number of halogens is 2. The van der Waals surface area contributed by atoms with E-state index in [9.17, 15) is 23.6 Å². The molecule has 3 aromatic rings. The molecule has 230 valence electrons. The van der Waals surface area contributed by atoms with Gasteiger partial charge in [0.2, 0.25) is 5.91 Å². The average molecular weight is 621 g/mol. The van der Waals surface area contributed by atoms with Crippen molar-refractivity contribution in [1.82, 2.24) is 9.88 Å². The van der Waals surface area contributed by atoms with Gasteiger partial charge in [-0.2, -0.15) is 0 Å². The lowest BCUT2D eigenvalue weighted by molar-refractivity contribution is -0.120. The third kappa shape index (κ3) is 6.01. The molecule has 0 bridgehead atoms. The summed E-state index contributed by atoms with van der Waals surface area (Å²) in [6.45, 7) is 0. The molecule has 2 aromatic carbocycles. The summed E-state index contributed by atoms with van der Waals surface area (Å²) < 4.78 is 21.4. The van der Waals surface area contributed by atoms with Gasteiger partial charge in [-0.1, -0.05) is 17.7 Å². The molecule has 2 heterocycles. The molecule has 0 radical (unpaired) electrons. The number of hydrogen-bond acceptors (Lipinski definition) is 5. The van der Waals surface area contributed by atoms with Crippen molar-refractivity contribution < 1.29 is 23.5 Å². The van der Waals surface area contributed by atoms with Crippen LogP contribution in [0, 0.1) is 11.7 Å². The quantitative estimate of drug-likeness (QED) is 0.342.